The van der Waals surface area contributed by atoms with Gasteiger partial charge in [-0.3, -0.25) is 4.79 Å². The van der Waals surface area contributed by atoms with Crippen LogP contribution in [0.5, 0.6) is 0 Å². The van der Waals surface area contributed by atoms with Crippen LogP contribution in [0.4, 0.5) is 0 Å². The van der Waals surface area contributed by atoms with E-state index >= 15 is 0 Å². The number of fused-ring (bicyclic) bond motifs is 1. The van der Waals surface area contributed by atoms with Gasteiger partial charge < -0.3 is 16.0 Å². The van der Waals surface area contributed by atoms with E-state index in [1.54, 1.807) is 0 Å². The van der Waals surface area contributed by atoms with E-state index in [2.05, 4.69) is 17.3 Å². The Hall–Kier alpha value is -0.610. The first-order valence-electron chi connectivity index (χ1n) is 4.84. The largest absolute Gasteiger partial charge is 0.369 e. The van der Waals surface area contributed by atoms with Gasteiger partial charge in [-0.25, -0.2) is 0 Å². The zero-order chi connectivity index (χ0) is 9.47. The topological polar surface area (TPSA) is 58.4 Å². The Labute approximate surface area is 78.5 Å². The summed E-state index contributed by atoms with van der Waals surface area (Å²) in [4.78, 5) is 13.7. The number of primary amides is 1. The molecule has 0 aromatic heterocycles. The van der Waals surface area contributed by atoms with E-state index in [4.69, 9.17) is 5.73 Å². The van der Waals surface area contributed by atoms with Crippen LogP contribution in [0.3, 0.4) is 0 Å². The molecule has 2 atom stereocenters. The molecule has 0 aromatic rings. The predicted octanol–water partition coefficient (Wildman–Crippen LogP) is -0.987. The molecule has 0 bridgehead atoms. The second-order valence-corrected chi connectivity index (χ2v) is 4.36. The zero-order valence-corrected chi connectivity index (χ0v) is 8.05. The number of carbonyl (C=O) groups excluding carboxylic acids is 1. The third-order valence-corrected chi connectivity index (χ3v) is 3.58. The highest BCUT2D eigenvalue weighted by Gasteiger charge is 2.49. The van der Waals surface area contributed by atoms with Crippen molar-refractivity contribution >= 4 is 5.91 Å². The molecule has 74 valence electrons. The van der Waals surface area contributed by atoms with Crippen molar-refractivity contribution in [2.45, 2.75) is 6.42 Å². The van der Waals surface area contributed by atoms with Gasteiger partial charge in [-0.05, 0) is 25.9 Å². The highest BCUT2D eigenvalue weighted by molar-refractivity contribution is 5.82. The van der Waals surface area contributed by atoms with Gasteiger partial charge in [0, 0.05) is 19.6 Å². The first-order valence-corrected chi connectivity index (χ1v) is 4.84. The van der Waals surface area contributed by atoms with Crippen molar-refractivity contribution < 1.29 is 4.79 Å². The molecule has 2 aliphatic rings. The van der Waals surface area contributed by atoms with Gasteiger partial charge in [0.2, 0.25) is 5.91 Å². The van der Waals surface area contributed by atoms with Crippen LogP contribution in [0.1, 0.15) is 6.42 Å². The van der Waals surface area contributed by atoms with E-state index in [9.17, 15) is 4.79 Å². The fourth-order valence-electron chi connectivity index (χ4n) is 2.61. The summed E-state index contributed by atoms with van der Waals surface area (Å²) in [5, 5.41) is 3.28. The Bertz CT molecular complexity index is 231. The van der Waals surface area contributed by atoms with Crippen molar-refractivity contribution in [2.24, 2.45) is 17.1 Å². The number of nitrogens with two attached hydrogens (primary N) is 1. The highest BCUT2D eigenvalue weighted by atomic mass is 16.1. The molecule has 0 unspecified atom stereocenters. The van der Waals surface area contributed by atoms with Crippen LogP contribution in [0.2, 0.25) is 0 Å². The summed E-state index contributed by atoms with van der Waals surface area (Å²) in [6.45, 7) is 3.70. The van der Waals surface area contributed by atoms with E-state index in [0.29, 0.717) is 5.92 Å². The van der Waals surface area contributed by atoms with Gasteiger partial charge in [0.15, 0.2) is 0 Å². The fraction of sp³-hybridized carbons (Fsp3) is 0.889. The molecule has 2 fully saturated rings. The van der Waals surface area contributed by atoms with Crippen molar-refractivity contribution in [3.05, 3.63) is 0 Å². The summed E-state index contributed by atoms with van der Waals surface area (Å²) in [6.07, 6.45) is 0.913. The van der Waals surface area contributed by atoms with E-state index in [1.165, 1.54) is 0 Å². The maximum Gasteiger partial charge on any atom is 0.225 e. The molecule has 0 aliphatic carbocycles. The molecule has 2 saturated heterocycles. The van der Waals surface area contributed by atoms with Crippen molar-refractivity contribution in [3.63, 3.8) is 0 Å². The number of nitrogens with zero attached hydrogens (tertiary/aromatic N) is 1. The normalized spacial score (nSPS) is 40.2. The third kappa shape index (κ3) is 1.25. The van der Waals surface area contributed by atoms with Crippen molar-refractivity contribution in [2.75, 3.05) is 33.2 Å². The van der Waals surface area contributed by atoms with E-state index in [0.717, 1.165) is 32.6 Å². The number of carbonyl (C=O) groups is 1. The smallest absolute Gasteiger partial charge is 0.225 e. The van der Waals surface area contributed by atoms with Gasteiger partial charge in [0.1, 0.15) is 0 Å². The molecule has 4 heteroatoms. The first kappa shape index (κ1) is 8.97. The monoisotopic (exact) mass is 183 g/mol. The van der Waals surface area contributed by atoms with E-state index < -0.39 is 0 Å². The number of hydrogen-bond acceptors (Lipinski definition) is 3. The Morgan fingerprint density at radius 2 is 2.46 bits per heavy atom. The van der Waals surface area contributed by atoms with Crippen LogP contribution in [0.25, 0.3) is 0 Å². The molecule has 0 radical (unpaired) electrons. The van der Waals surface area contributed by atoms with E-state index in [1.807, 2.05) is 0 Å². The SMILES string of the molecule is CN1CC[C@@]2(C(N)=O)CNC[C@H]2C1. The van der Waals surface area contributed by atoms with Gasteiger partial charge >= 0.3 is 0 Å². The Kier molecular flexibility index (Phi) is 2.04. The lowest BCUT2D eigenvalue weighted by molar-refractivity contribution is -0.131. The number of rotatable bonds is 1. The molecule has 0 saturated carbocycles. The van der Waals surface area contributed by atoms with Crippen LogP contribution in [-0.2, 0) is 4.79 Å². The van der Waals surface area contributed by atoms with Crippen LogP contribution >= 0.6 is 0 Å². The maximum atomic E-state index is 11.4. The fourth-order valence-corrected chi connectivity index (χ4v) is 2.61. The van der Waals surface area contributed by atoms with Crippen molar-refractivity contribution in [1.29, 1.82) is 0 Å². The lowest BCUT2D eigenvalue weighted by Crippen LogP contribution is -2.52. The molecule has 0 spiro atoms. The molecule has 4 nitrogen and oxygen atoms in total. The maximum absolute atomic E-state index is 11.4. The lowest BCUT2D eigenvalue weighted by atomic mass is 9.72. The van der Waals surface area contributed by atoms with Crippen LogP contribution in [-0.4, -0.2) is 44.0 Å². The third-order valence-electron chi connectivity index (χ3n) is 3.58. The van der Waals surface area contributed by atoms with Gasteiger partial charge in [0.05, 0.1) is 5.41 Å². The Morgan fingerprint density at radius 3 is 3.15 bits per heavy atom. The zero-order valence-electron chi connectivity index (χ0n) is 8.05. The predicted molar refractivity (Wildman–Crippen MR) is 50.1 cm³/mol. The summed E-state index contributed by atoms with van der Waals surface area (Å²) in [5.41, 5.74) is 5.25. The molecular formula is C9H17N3O. The van der Waals surface area contributed by atoms with Crippen LogP contribution < -0.4 is 11.1 Å². The molecule has 2 rings (SSSR count). The number of amides is 1. The van der Waals surface area contributed by atoms with Gasteiger partial charge in [-0.15, -0.1) is 0 Å². The minimum atomic E-state index is -0.244. The number of piperidine rings is 1. The highest BCUT2D eigenvalue weighted by Crippen LogP contribution is 2.38. The average Bonchev–Trinajstić information content (AvgIpc) is 2.48. The molecule has 13 heavy (non-hydrogen) atoms. The minimum absolute atomic E-state index is 0.115. The second-order valence-electron chi connectivity index (χ2n) is 4.36. The summed E-state index contributed by atoms with van der Waals surface area (Å²) < 4.78 is 0. The molecule has 2 heterocycles. The molecule has 0 aromatic carbocycles. The minimum Gasteiger partial charge on any atom is -0.369 e. The average molecular weight is 183 g/mol. The second kappa shape index (κ2) is 2.96. The first-order chi connectivity index (χ1) is 6.15. The standard InChI is InChI=1S/C9H17N3O/c1-12-3-2-9(8(10)13)6-11-4-7(9)5-12/h7,11H,2-6H2,1H3,(H2,10,13)/t7-,9+/m0/s1. The summed E-state index contributed by atoms with van der Waals surface area (Å²) in [7, 11) is 2.10. The van der Waals surface area contributed by atoms with Gasteiger partial charge in [-0.1, -0.05) is 0 Å². The Morgan fingerprint density at radius 1 is 1.69 bits per heavy atom. The summed E-state index contributed by atoms with van der Waals surface area (Å²) in [5.74, 6) is 0.305. The molecular weight excluding hydrogens is 166 g/mol. The number of likely N-dealkylation sites (tertiary alicyclic amines) is 1. The summed E-state index contributed by atoms with van der Waals surface area (Å²) in [6, 6.07) is 0. The number of nitrogens with one attached hydrogen (secondary N) is 1. The molecule has 3 N–H and O–H groups in total. The van der Waals surface area contributed by atoms with Gasteiger partial charge in [0.25, 0.3) is 0 Å². The van der Waals surface area contributed by atoms with Crippen molar-refractivity contribution in [3.8, 4) is 0 Å². The van der Waals surface area contributed by atoms with Gasteiger partial charge in [-0.2, -0.15) is 0 Å². The molecule has 1 amide bonds. The Balaban J connectivity index is 2.20. The number of hydrogen-bond donors (Lipinski definition) is 2. The lowest BCUT2D eigenvalue weighted by Gasteiger charge is -2.39. The van der Waals surface area contributed by atoms with Crippen LogP contribution in [0.15, 0.2) is 0 Å². The van der Waals surface area contributed by atoms with Crippen LogP contribution in [0, 0.1) is 11.3 Å². The van der Waals surface area contributed by atoms with Crippen molar-refractivity contribution in [1.82, 2.24) is 10.2 Å². The summed E-state index contributed by atoms with van der Waals surface area (Å²) >= 11 is 0. The van der Waals surface area contributed by atoms with E-state index in [-0.39, 0.29) is 11.3 Å². The molecule has 2 aliphatic heterocycles. The quantitative estimate of drug-likeness (QED) is 0.549.